The first kappa shape index (κ1) is 11.0. The van der Waals surface area contributed by atoms with Crippen LogP contribution in [0.15, 0.2) is 22.5 Å². The van der Waals surface area contributed by atoms with Crippen LogP contribution in [-0.4, -0.2) is 23.0 Å². The fourth-order valence-corrected chi connectivity index (χ4v) is 3.39. The first-order valence-electron chi connectivity index (χ1n) is 5.23. The summed E-state index contributed by atoms with van der Waals surface area (Å²) in [7, 11) is 0. The summed E-state index contributed by atoms with van der Waals surface area (Å²) in [4.78, 5) is 5.97. The molecule has 0 saturated carbocycles. The summed E-state index contributed by atoms with van der Waals surface area (Å²) in [5, 5.41) is 6.72. The minimum Gasteiger partial charge on any atom is -0.362 e. The van der Waals surface area contributed by atoms with Crippen LogP contribution in [0.1, 0.15) is 18.7 Å². The lowest BCUT2D eigenvalue weighted by molar-refractivity contribution is 0.668. The molecule has 2 rings (SSSR count). The van der Waals surface area contributed by atoms with E-state index in [1.165, 1.54) is 4.88 Å². The molecule has 2 heterocycles. The largest absolute Gasteiger partial charge is 0.362 e. The second-order valence-corrected chi connectivity index (χ2v) is 5.96. The Morgan fingerprint density at radius 1 is 1.67 bits per heavy atom. The van der Waals surface area contributed by atoms with Crippen LogP contribution < -0.4 is 5.32 Å². The van der Waals surface area contributed by atoms with Crippen LogP contribution >= 0.6 is 23.1 Å². The lowest BCUT2D eigenvalue weighted by Gasteiger charge is -2.13. The molecular weight excluding hydrogens is 224 g/mol. The molecule has 1 aliphatic heterocycles. The summed E-state index contributed by atoms with van der Waals surface area (Å²) >= 11 is 3.66. The van der Waals surface area contributed by atoms with E-state index in [0.717, 1.165) is 17.3 Å². The Morgan fingerprint density at radius 3 is 3.13 bits per heavy atom. The highest BCUT2D eigenvalue weighted by Crippen LogP contribution is 2.17. The number of hydrogen-bond donors (Lipinski definition) is 1. The van der Waals surface area contributed by atoms with Crippen molar-refractivity contribution < 1.29 is 0 Å². The summed E-state index contributed by atoms with van der Waals surface area (Å²) < 4.78 is 0. The minimum absolute atomic E-state index is 0.472. The average Bonchev–Trinajstić information content (AvgIpc) is 2.77. The maximum Gasteiger partial charge on any atom is 0.157 e. The molecule has 0 saturated heterocycles. The number of thiophene rings is 1. The van der Waals surface area contributed by atoms with Gasteiger partial charge < -0.3 is 5.32 Å². The van der Waals surface area contributed by atoms with Gasteiger partial charge in [0.05, 0.1) is 6.04 Å². The van der Waals surface area contributed by atoms with E-state index in [0.29, 0.717) is 12.1 Å². The summed E-state index contributed by atoms with van der Waals surface area (Å²) in [5.41, 5.74) is 0. The smallest absolute Gasteiger partial charge is 0.157 e. The van der Waals surface area contributed by atoms with E-state index < -0.39 is 0 Å². The van der Waals surface area contributed by atoms with Gasteiger partial charge in [-0.05, 0) is 25.3 Å². The molecule has 15 heavy (non-hydrogen) atoms. The van der Waals surface area contributed by atoms with Gasteiger partial charge in [0.1, 0.15) is 0 Å². The highest BCUT2D eigenvalue weighted by atomic mass is 32.2. The number of nitrogens with one attached hydrogen (secondary N) is 1. The third kappa shape index (κ3) is 3.24. The van der Waals surface area contributed by atoms with Crippen LogP contribution in [0.3, 0.4) is 0 Å². The maximum absolute atomic E-state index is 4.53. The fraction of sp³-hybridized carbons (Fsp3) is 0.545. The normalized spacial score (nSPS) is 22.5. The maximum atomic E-state index is 4.53. The molecule has 1 aliphatic rings. The zero-order valence-corrected chi connectivity index (χ0v) is 10.7. The molecule has 0 aromatic carbocycles. The molecule has 0 fully saturated rings. The lowest BCUT2D eigenvalue weighted by Crippen LogP contribution is -2.31. The SMILES string of the molecule is CC1CSC(NC(C)Cc2cccs2)=N1. The van der Waals surface area contributed by atoms with Gasteiger partial charge in [-0.2, -0.15) is 0 Å². The number of rotatable bonds is 3. The molecule has 0 spiro atoms. The van der Waals surface area contributed by atoms with Crippen molar-refractivity contribution in [3.05, 3.63) is 22.4 Å². The van der Waals surface area contributed by atoms with Crippen LogP contribution in [-0.2, 0) is 6.42 Å². The zero-order chi connectivity index (χ0) is 10.7. The van der Waals surface area contributed by atoms with Gasteiger partial charge >= 0.3 is 0 Å². The van der Waals surface area contributed by atoms with E-state index in [2.05, 4.69) is 41.7 Å². The number of thioether (sulfide) groups is 1. The quantitative estimate of drug-likeness (QED) is 0.878. The Kier molecular flexibility index (Phi) is 3.70. The first-order chi connectivity index (χ1) is 7.24. The van der Waals surface area contributed by atoms with Gasteiger partial charge in [0, 0.05) is 23.1 Å². The molecule has 4 heteroatoms. The van der Waals surface area contributed by atoms with Crippen molar-refractivity contribution in [2.75, 3.05) is 5.75 Å². The van der Waals surface area contributed by atoms with Crippen LogP contribution in [0, 0.1) is 0 Å². The summed E-state index contributed by atoms with van der Waals surface area (Å²) in [5.74, 6) is 1.12. The van der Waals surface area contributed by atoms with Crippen molar-refractivity contribution in [3.63, 3.8) is 0 Å². The predicted octanol–water partition coefficient (Wildman–Crippen LogP) is 2.76. The Hall–Kier alpha value is -0.480. The van der Waals surface area contributed by atoms with E-state index >= 15 is 0 Å². The zero-order valence-electron chi connectivity index (χ0n) is 9.06. The van der Waals surface area contributed by atoms with Crippen molar-refractivity contribution in [2.24, 2.45) is 4.99 Å². The molecule has 1 N–H and O–H groups in total. The Morgan fingerprint density at radius 2 is 2.53 bits per heavy atom. The van der Waals surface area contributed by atoms with Crippen molar-refractivity contribution in [1.29, 1.82) is 0 Å². The number of hydrogen-bond acceptors (Lipinski definition) is 4. The second kappa shape index (κ2) is 5.03. The molecule has 0 radical (unpaired) electrons. The van der Waals surface area contributed by atoms with Crippen molar-refractivity contribution in [1.82, 2.24) is 5.32 Å². The molecule has 0 amide bonds. The summed E-state index contributed by atoms with van der Waals surface area (Å²) in [6, 6.07) is 5.25. The van der Waals surface area contributed by atoms with Gasteiger partial charge in [0.2, 0.25) is 0 Å². The van der Waals surface area contributed by atoms with Crippen LogP contribution in [0.2, 0.25) is 0 Å². The molecule has 0 bridgehead atoms. The van der Waals surface area contributed by atoms with E-state index in [9.17, 15) is 0 Å². The molecule has 1 aromatic rings. The van der Waals surface area contributed by atoms with Gasteiger partial charge in [-0.1, -0.05) is 17.8 Å². The molecule has 2 atom stereocenters. The number of amidine groups is 1. The van der Waals surface area contributed by atoms with Gasteiger partial charge in [-0.3, -0.25) is 4.99 Å². The second-order valence-electron chi connectivity index (χ2n) is 3.92. The van der Waals surface area contributed by atoms with Gasteiger partial charge in [0.25, 0.3) is 0 Å². The van der Waals surface area contributed by atoms with Gasteiger partial charge in [-0.25, -0.2) is 0 Å². The van der Waals surface area contributed by atoms with Crippen LogP contribution in [0.5, 0.6) is 0 Å². The average molecular weight is 240 g/mol. The highest BCUT2D eigenvalue weighted by Gasteiger charge is 2.15. The lowest BCUT2D eigenvalue weighted by atomic mass is 10.2. The third-order valence-electron chi connectivity index (χ3n) is 2.26. The highest BCUT2D eigenvalue weighted by molar-refractivity contribution is 8.14. The molecule has 2 unspecified atom stereocenters. The Bertz CT molecular complexity index is 332. The van der Waals surface area contributed by atoms with Gasteiger partial charge in [-0.15, -0.1) is 11.3 Å². The molecule has 82 valence electrons. The summed E-state index contributed by atoms with van der Waals surface area (Å²) in [6.07, 6.45) is 1.09. The summed E-state index contributed by atoms with van der Waals surface area (Å²) in [6.45, 7) is 4.37. The van der Waals surface area contributed by atoms with Crippen LogP contribution in [0.25, 0.3) is 0 Å². The van der Waals surface area contributed by atoms with E-state index in [1.807, 2.05) is 23.1 Å². The molecule has 0 aliphatic carbocycles. The third-order valence-corrected chi connectivity index (χ3v) is 4.30. The fourth-order valence-electron chi connectivity index (χ4n) is 1.55. The van der Waals surface area contributed by atoms with E-state index in [-0.39, 0.29) is 0 Å². The van der Waals surface area contributed by atoms with E-state index in [4.69, 9.17) is 0 Å². The first-order valence-corrected chi connectivity index (χ1v) is 7.10. The molecule has 1 aromatic heterocycles. The minimum atomic E-state index is 0.472. The molecular formula is C11H16N2S2. The van der Waals surface area contributed by atoms with Crippen molar-refractivity contribution in [3.8, 4) is 0 Å². The van der Waals surface area contributed by atoms with Crippen molar-refractivity contribution in [2.45, 2.75) is 32.4 Å². The Labute approximate surface area is 99.2 Å². The number of nitrogens with zero attached hydrogens (tertiary/aromatic N) is 1. The van der Waals surface area contributed by atoms with Crippen molar-refractivity contribution >= 4 is 28.3 Å². The Balaban J connectivity index is 1.82. The predicted molar refractivity (Wildman–Crippen MR) is 70.0 cm³/mol. The monoisotopic (exact) mass is 240 g/mol. The van der Waals surface area contributed by atoms with E-state index in [1.54, 1.807) is 0 Å². The van der Waals surface area contributed by atoms with Gasteiger partial charge in [0.15, 0.2) is 5.17 Å². The van der Waals surface area contributed by atoms with Crippen LogP contribution in [0.4, 0.5) is 0 Å². The standard InChI is InChI=1S/C11H16N2S2/c1-8(6-10-4-3-5-14-10)12-11-13-9(2)7-15-11/h3-5,8-9H,6-7H2,1-2H3,(H,12,13). The molecule has 2 nitrogen and oxygen atoms in total. The number of aliphatic imine (C=N–C) groups is 1. The topological polar surface area (TPSA) is 24.4 Å².